The Morgan fingerprint density at radius 1 is 0.829 bits per heavy atom. The maximum Gasteiger partial charge on any atom is 0.407 e. The predicted molar refractivity (Wildman–Crippen MR) is 129 cm³/mol. The molecule has 0 aliphatic heterocycles. The fourth-order valence-electron chi connectivity index (χ4n) is 4.25. The second-order valence-electron chi connectivity index (χ2n) is 8.28. The van der Waals surface area contributed by atoms with Gasteiger partial charge in [-0.15, -0.1) is 0 Å². The summed E-state index contributed by atoms with van der Waals surface area (Å²) in [7, 11) is 0. The van der Waals surface area contributed by atoms with Gasteiger partial charge in [0, 0.05) is 12.5 Å². The number of aliphatic hydroxyl groups is 1. The number of hydrogen-bond donors (Lipinski definition) is 4. The Morgan fingerprint density at radius 2 is 1.40 bits per heavy atom. The number of carboxylic acid groups (broad SMARTS) is 1. The fraction of sp³-hybridized carbons (Fsp3) is 0.222. The normalized spacial score (nSPS) is 12.8. The van der Waals surface area contributed by atoms with Gasteiger partial charge >= 0.3 is 12.1 Å². The lowest BCUT2D eigenvalue weighted by atomic mass is 9.98. The van der Waals surface area contributed by atoms with Gasteiger partial charge in [-0.3, -0.25) is 4.79 Å². The minimum atomic E-state index is -1.66. The van der Waals surface area contributed by atoms with E-state index >= 15 is 0 Å². The number of hydrogen-bond acceptors (Lipinski definition) is 5. The van der Waals surface area contributed by atoms with Crippen LogP contribution in [0.3, 0.4) is 0 Å². The van der Waals surface area contributed by atoms with E-state index in [9.17, 15) is 19.5 Å². The summed E-state index contributed by atoms with van der Waals surface area (Å²) < 4.78 is 5.56. The van der Waals surface area contributed by atoms with Crippen molar-refractivity contribution in [1.82, 2.24) is 10.6 Å². The monoisotopic (exact) mass is 474 g/mol. The molecule has 0 spiro atoms. The van der Waals surface area contributed by atoms with E-state index in [4.69, 9.17) is 9.84 Å². The summed E-state index contributed by atoms with van der Waals surface area (Å²) >= 11 is 0. The van der Waals surface area contributed by atoms with Crippen molar-refractivity contribution in [3.63, 3.8) is 0 Å². The maximum atomic E-state index is 12.5. The third-order valence-electron chi connectivity index (χ3n) is 6.01. The number of carbonyl (C=O) groups is 3. The van der Waals surface area contributed by atoms with Crippen LogP contribution in [0.25, 0.3) is 11.1 Å². The second-order valence-corrected chi connectivity index (χ2v) is 8.28. The highest BCUT2D eigenvalue weighted by molar-refractivity contribution is 5.81. The third kappa shape index (κ3) is 5.67. The Balaban J connectivity index is 1.32. The topological polar surface area (TPSA) is 125 Å². The van der Waals surface area contributed by atoms with E-state index in [1.165, 1.54) is 0 Å². The van der Waals surface area contributed by atoms with Crippen LogP contribution in [0, 0.1) is 0 Å². The molecule has 4 rings (SSSR count). The van der Waals surface area contributed by atoms with Crippen molar-refractivity contribution in [2.45, 2.75) is 25.0 Å². The number of amides is 2. The van der Waals surface area contributed by atoms with E-state index in [0.717, 1.165) is 27.8 Å². The van der Waals surface area contributed by atoms with Gasteiger partial charge in [0.2, 0.25) is 5.91 Å². The van der Waals surface area contributed by atoms with Crippen molar-refractivity contribution in [3.8, 4) is 11.1 Å². The Kier molecular flexibility index (Phi) is 7.42. The van der Waals surface area contributed by atoms with Gasteiger partial charge in [0.15, 0.2) is 6.10 Å². The van der Waals surface area contributed by atoms with Gasteiger partial charge in [0.05, 0.1) is 13.0 Å². The van der Waals surface area contributed by atoms with Crippen LogP contribution >= 0.6 is 0 Å². The maximum absolute atomic E-state index is 12.5. The highest BCUT2D eigenvalue weighted by atomic mass is 16.5. The lowest BCUT2D eigenvalue weighted by Crippen LogP contribution is -2.37. The van der Waals surface area contributed by atoms with Crippen LogP contribution in [-0.4, -0.2) is 47.4 Å². The Hall–Kier alpha value is -4.17. The molecular formula is C27H26N2O6. The number of rotatable bonds is 9. The minimum absolute atomic E-state index is 0.0190. The molecule has 1 aliphatic rings. The minimum Gasteiger partial charge on any atom is -0.479 e. The first-order valence-corrected chi connectivity index (χ1v) is 11.3. The molecule has 8 nitrogen and oxygen atoms in total. The molecule has 1 aliphatic carbocycles. The van der Waals surface area contributed by atoms with Gasteiger partial charge in [0.1, 0.15) is 6.61 Å². The number of fused-ring (bicyclic) bond motifs is 3. The quantitative estimate of drug-likeness (QED) is 0.378. The highest BCUT2D eigenvalue weighted by Crippen LogP contribution is 2.44. The highest BCUT2D eigenvalue weighted by Gasteiger charge is 2.29. The van der Waals surface area contributed by atoms with Crippen molar-refractivity contribution < 1.29 is 29.3 Å². The molecule has 1 atom stereocenters. The molecule has 0 fully saturated rings. The zero-order valence-electron chi connectivity index (χ0n) is 18.9. The van der Waals surface area contributed by atoms with E-state index in [1.807, 2.05) is 24.3 Å². The van der Waals surface area contributed by atoms with Crippen molar-refractivity contribution in [2.24, 2.45) is 0 Å². The average molecular weight is 475 g/mol. The van der Waals surface area contributed by atoms with Gasteiger partial charge in [0.25, 0.3) is 0 Å². The first-order chi connectivity index (χ1) is 16.9. The van der Waals surface area contributed by atoms with E-state index < -0.39 is 24.1 Å². The van der Waals surface area contributed by atoms with E-state index in [0.29, 0.717) is 5.56 Å². The van der Waals surface area contributed by atoms with Crippen LogP contribution < -0.4 is 10.6 Å². The number of ether oxygens (including phenoxy) is 1. The molecule has 0 heterocycles. The lowest BCUT2D eigenvalue weighted by Gasteiger charge is -2.15. The first kappa shape index (κ1) is 24.0. The molecule has 0 radical (unpaired) electrons. The number of benzene rings is 3. The average Bonchev–Trinajstić information content (AvgIpc) is 3.19. The summed E-state index contributed by atoms with van der Waals surface area (Å²) in [5.74, 6) is -1.87. The fourth-order valence-corrected chi connectivity index (χ4v) is 4.25. The molecular weight excluding hydrogens is 448 g/mol. The van der Waals surface area contributed by atoms with Crippen LogP contribution in [0.4, 0.5) is 4.79 Å². The van der Waals surface area contributed by atoms with Crippen LogP contribution in [0.15, 0.2) is 72.8 Å². The SMILES string of the molecule is O=C(Cc1ccccc1CNC(=O)OCC1c2ccccc2-c2ccccc21)NCC(O)C(=O)O. The van der Waals surface area contributed by atoms with Gasteiger partial charge in [-0.05, 0) is 33.4 Å². The molecule has 2 amide bonds. The number of alkyl carbamates (subject to hydrolysis) is 1. The lowest BCUT2D eigenvalue weighted by molar-refractivity contribution is -0.146. The van der Waals surface area contributed by atoms with Gasteiger partial charge in [-0.2, -0.15) is 0 Å². The summed E-state index contributed by atoms with van der Waals surface area (Å²) in [4.78, 5) is 35.3. The Morgan fingerprint density at radius 3 is 2.03 bits per heavy atom. The summed E-state index contributed by atoms with van der Waals surface area (Å²) in [5, 5.41) is 23.1. The zero-order valence-corrected chi connectivity index (χ0v) is 18.9. The Bertz CT molecular complexity index is 1200. The molecule has 3 aromatic rings. The van der Waals surface area contributed by atoms with Crippen molar-refractivity contribution in [2.75, 3.05) is 13.2 Å². The molecule has 0 saturated heterocycles. The molecule has 0 saturated carbocycles. The molecule has 0 bridgehead atoms. The van der Waals surface area contributed by atoms with Gasteiger partial charge in [-0.25, -0.2) is 9.59 Å². The standard InChI is InChI=1S/C27H26N2O6/c30-24(26(32)33)15-28-25(31)13-17-7-1-2-8-18(17)14-29-27(34)35-16-23-21-11-5-3-9-19(21)20-10-4-6-12-22(20)23/h1-12,23-24,30H,13-16H2,(H,28,31)(H,29,34)(H,32,33). The Labute approximate surface area is 202 Å². The van der Waals surface area contributed by atoms with Gasteiger partial charge < -0.3 is 25.6 Å². The predicted octanol–water partition coefficient (Wildman–Crippen LogP) is 2.83. The number of carboxylic acids is 1. The number of aliphatic carboxylic acids is 1. The van der Waals surface area contributed by atoms with E-state index in [-0.39, 0.29) is 32.0 Å². The molecule has 35 heavy (non-hydrogen) atoms. The van der Waals surface area contributed by atoms with E-state index in [1.54, 1.807) is 24.3 Å². The third-order valence-corrected chi connectivity index (χ3v) is 6.01. The van der Waals surface area contributed by atoms with E-state index in [2.05, 4.69) is 34.9 Å². The number of aliphatic hydroxyl groups excluding tert-OH is 1. The first-order valence-electron chi connectivity index (χ1n) is 11.3. The molecule has 180 valence electrons. The summed E-state index contributed by atoms with van der Waals surface area (Å²) in [5.41, 5.74) is 5.97. The largest absolute Gasteiger partial charge is 0.479 e. The molecule has 0 aromatic heterocycles. The van der Waals surface area contributed by atoms with Crippen molar-refractivity contribution >= 4 is 18.0 Å². The second kappa shape index (κ2) is 10.8. The number of carbonyl (C=O) groups excluding carboxylic acids is 2. The van der Waals surface area contributed by atoms with Crippen LogP contribution in [0.1, 0.15) is 28.2 Å². The smallest absolute Gasteiger partial charge is 0.407 e. The number of nitrogens with one attached hydrogen (secondary N) is 2. The van der Waals surface area contributed by atoms with Crippen molar-refractivity contribution in [1.29, 1.82) is 0 Å². The molecule has 4 N–H and O–H groups in total. The van der Waals surface area contributed by atoms with Crippen molar-refractivity contribution in [3.05, 3.63) is 95.1 Å². The molecule has 8 heteroatoms. The zero-order chi connectivity index (χ0) is 24.8. The van der Waals surface area contributed by atoms with Crippen LogP contribution in [0.2, 0.25) is 0 Å². The summed E-state index contributed by atoms with van der Waals surface area (Å²) in [6.45, 7) is -0.0119. The molecule has 1 unspecified atom stereocenters. The van der Waals surface area contributed by atoms with Gasteiger partial charge in [-0.1, -0.05) is 72.8 Å². The summed E-state index contributed by atoms with van der Waals surface area (Å²) in [6, 6.07) is 23.3. The molecule has 3 aromatic carbocycles. The summed E-state index contributed by atoms with van der Waals surface area (Å²) in [6.07, 6.45) is -2.24. The van der Waals surface area contributed by atoms with Crippen LogP contribution in [0.5, 0.6) is 0 Å². The van der Waals surface area contributed by atoms with Crippen LogP contribution in [-0.2, 0) is 27.3 Å².